The van der Waals surface area contributed by atoms with Crippen LogP contribution in [0.4, 0.5) is 0 Å². The Hall–Kier alpha value is -0.190. The Labute approximate surface area is 70.5 Å². The summed E-state index contributed by atoms with van der Waals surface area (Å²) in [6, 6.07) is 0. The molecular weight excluding hydrogens is 183 g/mol. The van der Waals surface area contributed by atoms with Crippen molar-refractivity contribution in [3.8, 4) is 0 Å². The van der Waals surface area contributed by atoms with Gasteiger partial charge in [0.1, 0.15) is 0 Å². The Morgan fingerprint density at radius 1 is 1.50 bits per heavy atom. The fourth-order valence-electron chi connectivity index (χ4n) is 0.811. The number of aliphatic hydroxyl groups is 2. The maximum atomic E-state index is 10.7. The first-order valence-electron chi connectivity index (χ1n) is 3.38. The molecule has 0 saturated heterocycles. The Bertz CT molecular complexity index is 186. The smallest absolute Gasteiger partial charge is 0.331 e. The molecule has 12 heavy (non-hydrogen) atoms. The quantitative estimate of drug-likeness (QED) is 0.349. The molecule has 2 atom stereocenters. The van der Waals surface area contributed by atoms with Crippen molar-refractivity contribution in [3.63, 3.8) is 0 Å². The van der Waals surface area contributed by atoms with E-state index in [1.54, 1.807) is 0 Å². The van der Waals surface area contributed by atoms with Gasteiger partial charge in [-0.1, -0.05) is 6.08 Å². The van der Waals surface area contributed by atoms with Gasteiger partial charge in [-0.15, -0.1) is 6.58 Å². The molecule has 0 aliphatic rings. The summed E-state index contributed by atoms with van der Waals surface area (Å²) in [6.07, 6.45) is -0.127. The molecule has 4 N–H and O–H groups in total. The van der Waals surface area contributed by atoms with Crippen molar-refractivity contribution in [2.45, 2.75) is 18.2 Å². The van der Waals surface area contributed by atoms with Crippen molar-refractivity contribution in [3.05, 3.63) is 12.7 Å². The van der Waals surface area contributed by atoms with E-state index in [1.165, 1.54) is 6.08 Å². The van der Waals surface area contributed by atoms with E-state index in [1.807, 2.05) is 0 Å². The number of rotatable bonds is 5. The van der Waals surface area contributed by atoms with Crippen LogP contribution in [-0.4, -0.2) is 38.4 Å². The fourth-order valence-corrected chi connectivity index (χ4v) is 1.78. The lowest BCUT2D eigenvalue weighted by Crippen LogP contribution is -2.28. The molecule has 0 fully saturated rings. The normalized spacial score (nSPS) is 17.0. The Morgan fingerprint density at radius 2 is 2.00 bits per heavy atom. The predicted octanol–water partition coefficient (Wildman–Crippen LogP) is -0.538. The molecule has 0 spiro atoms. The molecule has 0 heterocycles. The van der Waals surface area contributed by atoms with Crippen LogP contribution in [0.15, 0.2) is 12.7 Å². The van der Waals surface area contributed by atoms with E-state index >= 15 is 0 Å². The second kappa shape index (κ2) is 4.74. The summed E-state index contributed by atoms with van der Waals surface area (Å²) in [7, 11) is -4.35. The maximum absolute atomic E-state index is 10.7. The molecule has 0 amide bonds. The molecule has 0 aromatic rings. The third-order valence-electron chi connectivity index (χ3n) is 1.47. The van der Waals surface area contributed by atoms with Crippen molar-refractivity contribution in [1.82, 2.24) is 0 Å². The van der Waals surface area contributed by atoms with E-state index in [2.05, 4.69) is 6.58 Å². The third kappa shape index (κ3) is 3.47. The summed E-state index contributed by atoms with van der Waals surface area (Å²) in [5.41, 5.74) is -1.25. The molecule has 2 unspecified atom stereocenters. The first kappa shape index (κ1) is 11.8. The van der Waals surface area contributed by atoms with Gasteiger partial charge in [-0.05, 0) is 6.42 Å². The third-order valence-corrected chi connectivity index (χ3v) is 2.89. The molecule has 0 aliphatic carbocycles. The molecular formula is C6H13O5P. The largest absolute Gasteiger partial charge is 0.394 e. The minimum absolute atomic E-state index is 0.0218. The molecule has 0 aromatic carbocycles. The second-order valence-electron chi connectivity index (χ2n) is 2.43. The highest BCUT2D eigenvalue weighted by Crippen LogP contribution is 2.44. The summed E-state index contributed by atoms with van der Waals surface area (Å²) in [4.78, 5) is 17.4. The Kier molecular flexibility index (Phi) is 4.67. The van der Waals surface area contributed by atoms with Crippen LogP contribution in [0.5, 0.6) is 0 Å². The Balaban J connectivity index is 4.43. The SMILES string of the molecule is C=CCC(C(O)CO)P(=O)(O)O. The zero-order valence-corrected chi connectivity index (χ0v) is 7.39. The van der Waals surface area contributed by atoms with Gasteiger partial charge in [-0.2, -0.15) is 0 Å². The van der Waals surface area contributed by atoms with Crippen molar-refractivity contribution >= 4 is 7.60 Å². The van der Waals surface area contributed by atoms with Gasteiger partial charge in [0.15, 0.2) is 0 Å². The molecule has 0 bridgehead atoms. The van der Waals surface area contributed by atoms with Gasteiger partial charge in [0.2, 0.25) is 0 Å². The van der Waals surface area contributed by atoms with Gasteiger partial charge in [-0.3, -0.25) is 4.57 Å². The van der Waals surface area contributed by atoms with Crippen molar-refractivity contribution < 1.29 is 24.6 Å². The zero-order valence-electron chi connectivity index (χ0n) is 6.50. The predicted molar refractivity (Wildman–Crippen MR) is 43.7 cm³/mol. The summed E-state index contributed by atoms with van der Waals surface area (Å²) < 4.78 is 10.7. The first-order chi connectivity index (χ1) is 5.43. The molecule has 0 saturated carbocycles. The first-order valence-corrected chi connectivity index (χ1v) is 5.06. The van der Waals surface area contributed by atoms with Gasteiger partial charge in [-0.25, -0.2) is 0 Å². The number of allylic oxidation sites excluding steroid dienone is 1. The van der Waals surface area contributed by atoms with E-state index in [0.717, 1.165) is 0 Å². The van der Waals surface area contributed by atoms with Gasteiger partial charge in [0.25, 0.3) is 0 Å². The van der Waals surface area contributed by atoms with Crippen LogP contribution in [0.2, 0.25) is 0 Å². The topological polar surface area (TPSA) is 98.0 Å². The van der Waals surface area contributed by atoms with Gasteiger partial charge in [0, 0.05) is 0 Å². The lowest BCUT2D eigenvalue weighted by molar-refractivity contribution is 0.0850. The second-order valence-corrected chi connectivity index (χ2v) is 4.27. The van der Waals surface area contributed by atoms with Gasteiger partial charge >= 0.3 is 7.60 Å². The number of aliphatic hydroxyl groups excluding tert-OH is 2. The van der Waals surface area contributed by atoms with E-state index in [9.17, 15) is 4.57 Å². The average Bonchev–Trinajstić information content (AvgIpc) is 1.96. The minimum atomic E-state index is -4.35. The monoisotopic (exact) mass is 196 g/mol. The molecule has 0 aromatic heterocycles. The lowest BCUT2D eigenvalue weighted by Gasteiger charge is -2.20. The van der Waals surface area contributed by atoms with Crippen LogP contribution in [-0.2, 0) is 4.57 Å². The van der Waals surface area contributed by atoms with Crippen LogP contribution in [0, 0.1) is 0 Å². The highest BCUT2D eigenvalue weighted by molar-refractivity contribution is 7.52. The zero-order chi connectivity index (χ0) is 9.78. The molecule has 0 radical (unpaired) electrons. The van der Waals surface area contributed by atoms with Gasteiger partial charge in [0.05, 0.1) is 18.4 Å². The van der Waals surface area contributed by atoms with E-state index in [-0.39, 0.29) is 6.42 Å². The summed E-state index contributed by atoms with van der Waals surface area (Å²) in [6.45, 7) is 2.63. The average molecular weight is 196 g/mol. The van der Waals surface area contributed by atoms with Crippen molar-refractivity contribution in [1.29, 1.82) is 0 Å². The highest BCUT2D eigenvalue weighted by atomic mass is 31.2. The lowest BCUT2D eigenvalue weighted by atomic mass is 10.2. The van der Waals surface area contributed by atoms with E-state index in [4.69, 9.17) is 20.0 Å². The van der Waals surface area contributed by atoms with Gasteiger partial charge < -0.3 is 20.0 Å². The summed E-state index contributed by atoms with van der Waals surface area (Å²) in [5.74, 6) is 0. The molecule has 0 aliphatic heterocycles. The van der Waals surface area contributed by atoms with Crippen LogP contribution in [0.3, 0.4) is 0 Å². The Morgan fingerprint density at radius 3 is 2.25 bits per heavy atom. The molecule has 0 rings (SSSR count). The maximum Gasteiger partial charge on any atom is 0.331 e. The molecule has 72 valence electrons. The van der Waals surface area contributed by atoms with E-state index < -0.39 is 26.0 Å². The number of hydrogen-bond donors (Lipinski definition) is 4. The highest BCUT2D eigenvalue weighted by Gasteiger charge is 2.33. The van der Waals surface area contributed by atoms with Crippen molar-refractivity contribution in [2.75, 3.05) is 6.61 Å². The van der Waals surface area contributed by atoms with E-state index in [0.29, 0.717) is 0 Å². The van der Waals surface area contributed by atoms with Crippen LogP contribution in [0.25, 0.3) is 0 Å². The summed E-state index contributed by atoms with van der Waals surface area (Å²) >= 11 is 0. The fraction of sp³-hybridized carbons (Fsp3) is 0.667. The molecule has 6 heteroatoms. The van der Waals surface area contributed by atoms with Crippen LogP contribution < -0.4 is 0 Å². The number of hydrogen-bond acceptors (Lipinski definition) is 3. The van der Waals surface area contributed by atoms with Crippen molar-refractivity contribution in [2.24, 2.45) is 0 Å². The minimum Gasteiger partial charge on any atom is -0.394 e. The summed E-state index contributed by atoms with van der Waals surface area (Å²) in [5, 5.41) is 17.5. The van der Waals surface area contributed by atoms with Crippen LogP contribution in [0.1, 0.15) is 6.42 Å². The van der Waals surface area contributed by atoms with Crippen LogP contribution >= 0.6 is 7.60 Å². The standard InChI is InChI=1S/C6H13O5P/c1-2-3-6(5(8)4-7)12(9,10)11/h2,5-8H,1,3-4H2,(H2,9,10,11). The molecule has 5 nitrogen and oxygen atoms in total.